The second-order valence-electron chi connectivity index (χ2n) is 5.57. The van der Waals surface area contributed by atoms with Crippen molar-refractivity contribution in [3.8, 4) is 0 Å². The van der Waals surface area contributed by atoms with Crippen molar-refractivity contribution in [1.82, 2.24) is 5.32 Å². The lowest BCUT2D eigenvalue weighted by atomic mass is 10.0. The van der Waals surface area contributed by atoms with E-state index in [1.54, 1.807) is 6.07 Å². The molecule has 1 saturated heterocycles. The molecule has 1 aliphatic rings. The lowest BCUT2D eigenvalue weighted by Crippen LogP contribution is -2.34. The highest BCUT2D eigenvalue weighted by atomic mass is 19.1. The summed E-state index contributed by atoms with van der Waals surface area (Å²) in [5, 5.41) is 3.17. The third-order valence-electron chi connectivity index (χ3n) is 4.26. The fraction of sp³-hybridized carbons (Fsp3) is 0.625. The number of anilines is 1. The van der Waals surface area contributed by atoms with Gasteiger partial charge in [-0.15, -0.1) is 0 Å². The molecule has 19 heavy (non-hydrogen) atoms. The van der Waals surface area contributed by atoms with Gasteiger partial charge < -0.3 is 10.2 Å². The topological polar surface area (TPSA) is 15.3 Å². The van der Waals surface area contributed by atoms with Crippen LogP contribution in [0.5, 0.6) is 0 Å². The Morgan fingerprint density at radius 1 is 1.32 bits per heavy atom. The van der Waals surface area contributed by atoms with E-state index in [4.69, 9.17) is 0 Å². The van der Waals surface area contributed by atoms with Crippen LogP contribution in [0.15, 0.2) is 18.2 Å². The molecule has 1 N–H and O–H groups in total. The number of rotatable bonds is 3. The molecule has 0 radical (unpaired) electrons. The first-order valence-corrected chi connectivity index (χ1v) is 7.37. The predicted molar refractivity (Wildman–Crippen MR) is 79.2 cm³/mol. The summed E-state index contributed by atoms with van der Waals surface area (Å²) in [6.07, 6.45) is 4.97. The smallest absolute Gasteiger partial charge is 0.130 e. The first kappa shape index (κ1) is 14.3. The molecule has 2 atom stereocenters. The van der Waals surface area contributed by atoms with Crippen molar-refractivity contribution < 1.29 is 4.39 Å². The van der Waals surface area contributed by atoms with Crippen LogP contribution in [0.3, 0.4) is 0 Å². The Hall–Kier alpha value is -1.09. The third kappa shape index (κ3) is 3.08. The maximum absolute atomic E-state index is 14.2. The number of halogens is 1. The quantitative estimate of drug-likeness (QED) is 0.891. The molecule has 2 rings (SSSR count). The van der Waals surface area contributed by atoms with Gasteiger partial charge in [-0.3, -0.25) is 0 Å². The zero-order valence-corrected chi connectivity index (χ0v) is 12.2. The summed E-state index contributed by atoms with van der Waals surface area (Å²) in [7, 11) is 1.88. The summed E-state index contributed by atoms with van der Waals surface area (Å²) in [6, 6.07) is 5.98. The average Bonchev–Trinajstić information content (AvgIpc) is 2.62. The van der Waals surface area contributed by atoms with E-state index in [0.717, 1.165) is 17.8 Å². The molecule has 106 valence electrons. The Balaban J connectivity index is 2.39. The molecule has 0 saturated carbocycles. The van der Waals surface area contributed by atoms with Crippen LogP contribution in [-0.4, -0.2) is 19.6 Å². The summed E-state index contributed by atoms with van der Waals surface area (Å²) in [5.74, 6) is -0.101. The van der Waals surface area contributed by atoms with Gasteiger partial charge in [0.1, 0.15) is 5.82 Å². The maximum Gasteiger partial charge on any atom is 0.130 e. The molecule has 3 heteroatoms. The van der Waals surface area contributed by atoms with Gasteiger partial charge in [-0.25, -0.2) is 4.39 Å². The minimum absolute atomic E-state index is 0.0339. The lowest BCUT2D eigenvalue weighted by Gasteiger charge is -2.32. The second kappa shape index (κ2) is 6.38. The van der Waals surface area contributed by atoms with Gasteiger partial charge in [-0.05, 0) is 45.9 Å². The summed E-state index contributed by atoms with van der Waals surface area (Å²) < 4.78 is 14.2. The van der Waals surface area contributed by atoms with Crippen LogP contribution in [0.4, 0.5) is 10.1 Å². The number of hydrogen-bond donors (Lipinski definition) is 1. The summed E-state index contributed by atoms with van der Waals surface area (Å²) in [4.78, 5) is 2.39. The molecule has 1 aromatic carbocycles. The fourth-order valence-corrected chi connectivity index (χ4v) is 2.98. The molecule has 0 spiro atoms. The molecular formula is C16H25FN2. The van der Waals surface area contributed by atoms with Crippen molar-refractivity contribution in [2.75, 3.05) is 18.5 Å². The van der Waals surface area contributed by atoms with Gasteiger partial charge in [0.05, 0.1) is 0 Å². The first-order chi connectivity index (χ1) is 9.15. The van der Waals surface area contributed by atoms with Crippen LogP contribution in [0, 0.1) is 5.82 Å². The van der Waals surface area contributed by atoms with Gasteiger partial charge >= 0.3 is 0 Å². The van der Waals surface area contributed by atoms with Crippen molar-refractivity contribution >= 4 is 5.69 Å². The Labute approximate surface area is 116 Å². The molecule has 1 fully saturated rings. The van der Waals surface area contributed by atoms with Gasteiger partial charge in [0.25, 0.3) is 0 Å². The van der Waals surface area contributed by atoms with Crippen molar-refractivity contribution in [1.29, 1.82) is 0 Å². The zero-order chi connectivity index (χ0) is 13.8. The number of benzene rings is 1. The Morgan fingerprint density at radius 3 is 2.84 bits per heavy atom. The minimum atomic E-state index is -0.101. The van der Waals surface area contributed by atoms with Gasteiger partial charge in [0, 0.05) is 29.9 Å². The molecule has 2 nitrogen and oxygen atoms in total. The van der Waals surface area contributed by atoms with Crippen molar-refractivity contribution in [2.24, 2.45) is 0 Å². The van der Waals surface area contributed by atoms with Gasteiger partial charge in [0.15, 0.2) is 0 Å². The molecular weight excluding hydrogens is 239 g/mol. The van der Waals surface area contributed by atoms with E-state index in [9.17, 15) is 4.39 Å². The van der Waals surface area contributed by atoms with E-state index in [-0.39, 0.29) is 11.9 Å². The molecule has 0 aromatic heterocycles. The van der Waals surface area contributed by atoms with E-state index in [0.29, 0.717) is 6.04 Å². The second-order valence-corrected chi connectivity index (χ2v) is 5.57. The number of hydrogen-bond acceptors (Lipinski definition) is 2. The Morgan fingerprint density at radius 2 is 2.11 bits per heavy atom. The minimum Gasteiger partial charge on any atom is -0.368 e. The zero-order valence-electron chi connectivity index (χ0n) is 12.2. The summed E-state index contributed by atoms with van der Waals surface area (Å²) in [6.45, 7) is 5.31. The van der Waals surface area contributed by atoms with Crippen LogP contribution in [0.25, 0.3) is 0 Å². The number of nitrogens with zero attached hydrogens (tertiary/aromatic N) is 1. The maximum atomic E-state index is 14.2. The highest BCUT2D eigenvalue weighted by molar-refractivity contribution is 5.56. The first-order valence-electron chi connectivity index (χ1n) is 7.37. The fourth-order valence-electron chi connectivity index (χ4n) is 2.98. The molecule has 2 unspecified atom stereocenters. The largest absolute Gasteiger partial charge is 0.368 e. The van der Waals surface area contributed by atoms with Crippen molar-refractivity contribution in [2.45, 2.75) is 51.6 Å². The predicted octanol–water partition coefficient (Wildman–Crippen LogP) is 3.88. The van der Waals surface area contributed by atoms with Crippen molar-refractivity contribution in [3.05, 3.63) is 29.6 Å². The average molecular weight is 264 g/mol. The van der Waals surface area contributed by atoms with Crippen molar-refractivity contribution in [3.63, 3.8) is 0 Å². The highest BCUT2D eigenvalue weighted by Gasteiger charge is 2.23. The standard InChI is InChI=1S/C16H25FN2/c1-12-8-5-4-6-11-19(12)15-10-7-9-14(17)16(15)13(2)18-3/h7,9-10,12-13,18H,4-6,8,11H2,1-3H3. The van der Waals surface area contributed by atoms with Gasteiger partial charge in [-0.1, -0.05) is 18.9 Å². The summed E-state index contributed by atoms with van der Waals surface area (Å²) >= 11 is 0. The van der Waals surface area contributed by atoms with E-state index in [1.165, 1.54) is 25.7 Å². The Bertz CT molecular complexity index is 419. The van der Waals surface area contributed by atoms with Crippen LogP contribution in [-0.2, 0) is 0 Å². The van der Waals surface area contributed by atoms with Crippen LogP contribution in [0.1, 0.15) is 51.1 Å². The van der Waals surface area contributed by atoms with Crippen LogP contribution < -0.4 is 10.2 Å². The van der Waals surface area contributed by atoms with Crippen LogP contribution >= 0.6 is 0 Å². The molecule has 0 aliphatic carbocycles. The lowest BCUT2D eigenvalue weighted by molar-refractivity contribution is 0.552. The van der Waals surface area contributed by atoms with E-state index < -0.39 is 0 Å². The van der Waals surface area contributed by atoms with Gasteiger partial charge in [0.2, 0.25) is 0 Å². The molecule has 0 bridgehead atoms. The SMILES string of the molecule is CNC(C)c1c(F)cccc1N1CCCCCC1C. The van der Waals surface area contributed by atoms with E-state index in [2.05, 4.69) is 23.2 Å². The molecule has 1 aliphatic heterocycles. The third-order valence-corrected chi connectivity index (χ3v) is 4.26. The molecule has 1 aromatic rings. The number of nitrogens with one attached hydrogen (secondary N) is 1. The van der Waals surface area contributed by atoms with Crippen LogP contribution in [0.2, 0.25) is 0 Å². The summed E-state index contributed by atoms with van der Waals surface area (Å²) in [5.41, 5.74) is 1.87. The highest BCUT2D eigenvalue weighted by Crippen LogP contribution is 2.32. The van der Waals surface area contributed by atoms with E-state index in [1.807, 2.05) is 20.0 Å². The monoisotopic (exact) mass is 264 g/mol. The normalized spacial score (nSPS) is 22.1. The van der Waals surface area contributed by atoms with E-state index >= 15 is 0 Å². The van der Waals surface area contributed by atoms with Gasteiger partial charge in [-0.2, -0.15) is 0 Å². The Kier molecular flexibility index (Phi) is 4.81. The molecule has 0 amide bonds. The molecule has 1 heterocycles.